The molecule has 1 aromatic rings. The highest BCUT2D eigenvalue weighted by Crippen LogP contribution is 2.16. The lowest BCUT2D eigenvalue weighted by atomic mass is 10.2. The van der Waals surface area contributed by atoms with Gasteiger partial charge in [-0.1, -0.05) is 17.9 Å². The van der Waals surface area contributed by atoms with E-state index in [2.05, 4.69) is 24.4 Å². The molecule has 3 nitrogen and oxygen atoms in total. The molecule has 19 heavy (non-hydrogen) atoms. The molecule has 0 atom stereocenters. The maximum Gasteiger partial charge on any atom is 0.337 e. The summed E-state index contributed by atoms with van der Waals surface area (Å²) in [4.78, 5) is 11.3. The van der Waals surface area contributed by atoms with E-state index in [0.717, 1.165) is 11.8 Å². The van der Waals surface area contributed by atoms with Gasteiger partial charge in [0, 0.05) is 0 Å². The smallest absolute Gasteiger partial charge is 0.337 e. The number of benzene rings is 1. The molecule has 1 rings (SSSR count). The molecule has 0 N–H and O–H groups in total. The van der Waals surface area contributed by atoms with Gasteiger partial charge in [-0.2, -0.15) is 0 Å². The first kappa shape index (κ1) is 15.2. The molecule has 102 valence electrons. The first-order valence-corrected chi connectivity index (χ1v) is 8.99. The number of carbonyl (C=O) groups is 1. The van der Waals surface area contributed by atoms with Crippen molar-refractivity contribution in [1.82, 2.24) is 0 Å². The van der Waals surface area contributed by atoms with Crippen molar-refractivity contribution >= 4 is 14.0 Å². The normalized spacial score (nSPS) is 10.6. The topological polar surface area (TPSA) is 35.5 Å². The fourth-order valence-electron chi connectivity index (χ4n) is 1.48. The summed E-state index contributed by atoms with van der Waals surface area (Å²) >= 11 is 0. The van der Waals surface area contributed by atoms with Gasteiger partial charge in [-0.25, -0.2) is 4.79 Å². The fraction of sp³-hybridized carbons (Fsp3) is 0.267. The van der Waals surface area contributed by atoms with E-state index in [9.17, 15) is 4.79 Å². The second kappa shape index (κ2) is 6.94. The second-order valence-corrected chi connectivity index (χ2v) is 8.86. The van der Waals surface area contributed by atoms with Gasteiger partial charge in [-0.05, 0) is 30.3 Å². The molecule has 0 fully saturated rings. The van der Waals surface area contributed by atoms with Crippen molar-refractivity contribution in [2.75, 3.05) is 13.7 Å². The lowest BCUT2D eigenvalue weighted by Crippen LogP contribution is -2.26. The maximum atomic E-state index is 11.3. The van der Waals surface area contributed by atoms with E-state index < -0.39 is 8.07 Å². The van der Waals surface area contributed by atoms with Gasteiger partial charge in [0.15, 0.2) is 0 Å². The van der Waals surface area contributed by atoms with E-state index in [1.54, 1.807) is 24.3 Å². The van der Waals surface area contributed by atoms with Crippen molar-refractivity contribution < 1.29 is 14.3 Å². The Morgan fingerprint density at radius 3 is 2.32 bits per heavy atom. The van der Waals surface area contributed by atoms with Crippen LogP contribution < -0.4 is 4.74 Å². The fourth-order valence-corrected chi connectivity index (χ4v) is 2.60. The van der Waals surface area contributed by atoms with E-state index in [4.69, 9.17) is 4.74 Å². The zero-order chi connectivity index (χ0) is 14.3. The Balaban J connectivity index is 2.53. The van der Waals surface area contributed by atoms with Crippen molar-refractivity contribution in [2.45, 2.75) is 12.6 Å². The molecule has 4 heteroatoms. The second-order valence-electron chi connectivity index (χ2n) is 4.53. The van der Waals surface area contributed by atoms with Gasteiger partial charge >= 0.3 is 5.97 Å². The van der Waals surface area contributed by atoms with Crippen LogP contribution in [0, 0.1) is 0 Å². The molecular formula is C15H20O3Si. The summed E-state index contributed by atoms with van der Waals surface area (Å²) in [6, 6.07) is 7.87. The molecule has 0 heterocycles. The standard InChI is InChI=1S/C15H20O3Si/c1-5-19(4,6-2)12-11-18-14-9-7-13(8-10-14)15(16)17-3/h5-10H,1-2,11-12H2,3-4H3. The molecule has 0 saturated heterocycles. The summed E-state index contributed by atoms with van der Waals surface area (Å²) in [5.41, 5.74) is 4.53. The summed E-state index contributed by atoms with van der Waals surface area (Å²) in [6.45, 7) is 10.5. The summed E-state index contributed by atoms with van der Waals surface area (Å²) in [5, 5.41) is 0. The van der Waals surface area contributed by atoms with Crippen molar-refractivity contribution in [3.8, 4) is 5.75 Å². The van der Waals surface area contributed by atoms with Gasteiger partial charge < -0.3 is 9.47 Å². The number of esters is 1. The molecule has 0 unspecified atom stereocenters. The van der Waals surface area contributed by atoms with Crippen LogP contribution in [-0.2, 0) is 4.74 Å². The molecule has 1 aromatic carbocycles. The van der Waals surface area contributed by atoms with Crippen molar-refractivity contribution in [3.05, 3.63) is 54.4 Å². The third-order valence-corrected chi connectivity index (χ3v) is 6.26. The van der Waals surface area contributed by atoms with Crippen LogP contribution >= 0.6 is 0 Å². The minimum Gasteiger partial charge on any atom is -0.494 e. The molecule has 0 radical (unpaired) electrons. The average Bonchev–Trinajstić information content (AvgIpc) is 2.47. The van der Waals surface area contributed by atoms with Crippen molar-refractivity contribution in [2.24, 2.45) is 0 Å². The number of methoxy groups -OCH3 is 1. The third-order valence-electron chi connectivity index (χ3n) is 3.12. The van der Waals surface area contributed by atoms with E-state index in [0.29, 0.717) is 12.2 Å². The molecule has 0 amide bonds. The molecule has 0 bridgehead atoms. The number of hydrogen-bond donors (Lipinski definition) is 0. The molecule has 0 aliphatic carbocycles. The van der Waals surface area contributed by atoms with E-state index in [-0.39, 0.29) is 5.97 Å². The van der Waals surface area contributed by atoms with E-state index >= 15 is 0 Å². The molecule has 0 saturated carbocycles. The monoisotopic (exact) mass is 276 g/mol. The minimum absolute atomic E-state index is 0.343. The summed E-state index contributed by atoms with van der Waals surface area (Å²) in [6.07, 6.45) is 0. The van der Waals surface area contributed by atoms with Crippen LogP contribution in [0.1, 0.15) is 10.4 Å². The molecule has 0 spiro atoms. The van der Waals surface area contributed by atoms with Crippen LogP contribution in [0.25, 0.3) is 0 Å². The summed E-state index contributed by atoms with van der Waals surface area (Å²) in [7, 11) is -0.193. The molecular weight excluding hydrogens is 256 g/mol. The Bertz CT molecular complexity index is 443. The number of rotatable bonds is 7. The summed E-state index contributed by atoms with van der Waals surface area (Å²) in [5.74, 6) is 0.405. The predicted molar refractivity (Wildman–Crippen MR) is 80.1 cm³/mol. The first-order valence-electron chi connectivity index (χ1n) is 6.13. The van der Waals surface area contributed by atoms with Crippen molar-refractivity contribution in [3.63, 3.8) is 0 Å². The number of hydrogen-bond acceptors (Lipinski definition) is 3. The largest absolute Gasteiger partial charge is 0.494 e. The molecule has 0 aromatic heterocycles. The highest BCUT2D eigenvalue weighted by Gasteiger charge is 2.18. The Kier molecular flexibility index (Phi) is 5.57. The van der Waals surface area contributed by atoms with Crippen LogP contribution in [0.2, 0.25) is 12.6 Å². The van der Waals surface area contributed by atoms with Crippen LogP contribution in [0.5, 0.6) is 5.75 Å². The van der Waals surface area contributed by atoms with Crippen molar-refractivity contribution in [1.29, 1.82) is 0 Å². The van der Waals surface area contributed by atoms with E-state index in [1.165, 1.54) is 7.11 Å². The van der Waals surface area contributed by atoms with Gasteiger partial charge in [-0.3, -0.25) is 0 Å². The van der Waals surface area contributed by atoms with Crippen LogP contribution in [0.4, 0.5) is 0 Å². The Morgan fingerprint density at radius 1 is 1.26 bits per heavy atom. The predicted octanol–water partition coefficient (Wildman–Crippen LogP) is 3.38. The highest BCUT2D eigenvalue weighted by atomic mass is 28.3. The average molecular weight is 276 g/mol. The van der Waals surface area contributed by atoms with Gasteiger partial charge in [0.25, 0.3) is 0 Å². The van der Waals surface area contributed by atoms with Crippen LogP contribution in [-0.4, -0.2) is 27.8 Å². The number of ether oxygens (including phenoxy) is 2. The highest BCUT2D eigenvalue weighted by molar-refractivity contribution is 6.87. The lowest BCUT2D eigenvalue weighted by molar-refractivity contribution is 0.0600. The summed E-state index contributed by atoms with van der Waals surface area (Å²) < 4.78 is 10.3. The first-order chi connectivity index (χ1) is 9.04. The third kappa shape index (κ3) is 4.41. The maximum absolute atomic E-state index is 11.3. The Morgan fingerprint density at radius 2 is 1.84 bits per heavy atom. The van der Waals surface area contributed by atoms with Crippen LogP contribution in [0.3, 0.4) is 0 Å². The SMILES string of the molecule is C=C[Si](C)(C=C)CCOc1ccc(C(=O)OC)cc1. The lowest BCUT2D eigenvalue weighted by Gasteiger charge is -2.18. The van der Waals surface area contributed by atoms with Gasteiger partial charge in [0.1, 0.15) is 13.8 Å². The Labute approximate surface area is 115 Å². The van der Waals surface area contributed by atoms with Gasteiger partial charge in [-0.15, -0.1) is 13.2 Å². The Hall–Kier alpha value is -1.81. The van der Waals surface area contributed by atoms with Crippen LogP contribution in [0.15, 0.2) is 48.8 Å². The quantitative estimate of drug-likeness (QED) is 0.566. The zero-order valence-electron chi connectivity index (χ0n) is 11.5. The van der Waals surface area contributed by atoms with Gasteiger partial charge in [0.2, 0.25) is 0 Å². The minimum atomic E-state index is -1.56. The zero-order valence-corrected chi connectivity index (χ0v) is 12.5. The molecule has 0 aliphatic rings. The molecule has 0 aliphatic heterocycles. The number of carbonyl (C=O) groups excluding carboxylic acids is 1. The van der Waals surface area contributed by atoms with Gasteiger partial charge in [0.05, 0.1) is 19.3 Å². The van der Waals surface area contributed by atoms with E-state index in [1.807, 2.05) is 11.4 Å².